The normalized spacial score (nSPS) is 10.9. The van der Waals surface area contributed by atoms with Crippen molar-refractivity contribution in [3.63, 3.8) is 0 Å². The second kappa shape index (κ2) is 7.00. The van der Waals surface area contributed by atoms with E-state index in [1.807, 2.05) is 12.1 Å². The number of nitrogens with one attached hydrogen (secondary N) is 1. The lowest BCUT2D eigenvalue weighted by Crippen LogP contribution is -2.10. The molecular formula is C16H22N2O. The van der Waals surface area contributed by atoms with Gasteiger partial charge in [0, 0.05) is 25.2 Å². The molecule has 3 heteroatoms. The fourth-order valence-electron chi connectivity index (χ4n) is 2.04. The van der Waals surface area contributed by atoms with E-state index in [4.69, 9.17) is 4.42 Å². The van der Waals surface area contributed by atoms with Gasteiger partial charge in [-0.15, -0.1) is 0 Å². The zero-order chi connectivity index (χ0) is 13.5. The van der Waals surface area contributed by atoms with Crippen molar-refractivity contribution in [2.75, 3.05) is 26.0 Å². The van der Waals surface area contributed by atoms with Crippen LogP contribution in [0.3, 0.4) is 0 Å². The summed E-state index contributed by atoms with van der Waals surface area (Å²) in [6.45, 7) is 1.95. The van der Waals surface area contributed by atoms with Crippen LogP contribution >= 0.6 is 0 Å². The molecule has 0 spiro atoms. The maximum Gasteiger partial charge on any atom is 0.103 e. The van der Waals surface area contributed by atoms with Crippen LogP contribution in [0.2, 0.25) is 0 Å². The highest BCUT2D eigenvalue weighted by Gasteiger charge is 1.98. The van der Waals surface area contributed by atoms with Crippen LogP contribution in [0.4, 0.5) is 5.69 Å². The summed E-state index contributed by atoms with van der Waals surface area (Å²) in [6, 6.07) is 12.6. The molecule has 0 amide bonds. The average Bonchev–Trinajstić information content (AvgIpc) is 2.89. The first-order valence-corrected chi connectivity index (χ1v) is 6.74. The molecule has 1 heterocycles. The maximum atomic E-state index is 5.31. The fourth-order valence-corrected chi connectivity index (χ4v) is 2.04. The Morgan fingerprint density at radius 1 is 1.11 bits per heavy atom. The van der Waals surface area contributed by atoms with Gasteiger partial charge in [0.1, 0.15) is 5.76 Å². The van der Waals surface area contributed by atoms with E-state index in [0.29, 0.717) is 0 Å². The molecule has 1 aromatic carbocycles. The summed E-state index contributed by atoms with van der Waals surface area (Å²) in [6.07, 6.45) is 3.79. The molecule has 2 rings (SSSR count). The average molecular weight is 258 g/mol. The minimum atomic E-state index is 0.966. The number of hydrogen-bond donors (Lipinski definition) is 1. The van der Waals surface area contributed by atoms with Crippen molar-refractivity contribution in [1.82, 2.24) is 4.90 Å². The van der Waals surface area contributed by atoms with Crippen LogP contribution in [0.1, 0.15) is 17.7 Å². The van der Waals surface area contributed by atoms with Gasteiger partial charge in [0.2, 0.25) is 0 Å². The first-order valence-electron chi connectivity index (χ1n) is 6.74. The van der Waals surface area contributed by atoms with E-state index in [9.17, 15) is 0 Å². The standard InChI is InChI=1S/C16H22N2O/c1-18(2)13-14-7-9-15(10-8-14)17-11-3-5-16-6-4-12-19-16/h4,6-10,12,17H,3,5,11,13H2,1-2H3. The Morgan fingerprint density at radius 2 is 1.89 bits per heavy atom. The third-order valence-corrected chi connectivity index (χ3v) is 2.96. The Morgan fingerprint density at radius 3 is 2.53 bits per heavy atom. The zero-order valence-electron chi connectivity index (χ0n) is 11.7. The van der Waals surface area contributed by atoms with E-state index in [1.165, 1.54) is 11.3 Å². The molecule has 0 bridgehead atoms. The summed E-state index contributed by atoms with van der Waals surface area (Å²) >= 11 is 0. The number of rotatable bonds is 7. The van der Waals surface area contributed by atoms with Gasteiger partial charge >= 0.3 is 0 Å². The number of hydrogen-bond acceptors (Lipinski definition) is 3. The fraction of sp³-hybridized carbons (Fsp3) is 0.375. The molecule has 1 aromatic heterocycles. The molecule has 0 radical (unpaired) electrons. The van der Waals surface area contributed by atoms with Gasteiger partial charge in [-0.1, -0.05) is 12.1 Å². The summed E-state index contributed by atoms with van der Waals surface area (Å²) in [7, 11) is 4.17. The summed E-state index contributed by atoms with van der Waals surface area (Å²) < 4.78 is 5.31. The molecule has 19 heavy (non-hydrogen) atoms. The molecule has 0 atom stereocenters. The van der Waals surface area contributed by atoms with Crippen LogP contribution in [-0.2, 0) is 13.0 Å². The number of benzene rings is 1. The first-order chi connectivity index (χ1) is 9.24. The minimum absolute atomic E-state index is 0.966. The molecule has 2 aromatic rings. The molecule has 3 nitrogen and oxygen atoms in total. The van der Waals surface area contributed by atoms with Gasteiger partial charge in [-0.3, -0.25) is 0 Å². The second-order valence-electron chi connectivity index (χ2n) is 5.04. The zero-order valence-corrected chi connectivity index (χ0v) is 11.7. The highest BCUT2D eigenvalue weighted by Crippen LogP contribution is 2.11. The molecule has 0 aliphatic carbocycles. The third kappa shape index (κ3) is 4.79. The predicted octanol–water partition coefficient (Wildman–Crippen LogP) is 3.39. The molecule has 102 valence electrons. The van der Waals surface area contributed by atoms with E-state index in [0.717, 1.165) is 31.7 Å². The number of aryl methyl sites for hydroxylation is 1. The van der Waals surface area contributed by atoms with Crippen LogP contribution in [-0.4, -0.2) is 25.5 Å². The minimum Gasteiger partial charge on any atom is -0.469 e. The van der Waals surface area contributed by atoms with Crippen LogP contribution in [0, 0.1) is 0 Å². The summed E-state index contributed by atoms with van der Waals surface area (Å²) in [5.41, 5.74) is 2.52. The van der Waals surface area contributed by atoms with Gasteiger partial charge < -0.3 is 14.6 Å². The van der Waals surface area contributed by atoms with E-state index >= 15 is 0 Å². The highest BCUT2D eigenvalue weighted by molar-refractivity contribution is 5.44. The van der Waals surface area contributed by atoms with Gasteiger partial charge in [-0.25, -0.2) is 0 Å². The van der Waals surface area contributed by atoms with Crippen molar-refractivity contribution < 1.29 is 4.42 Å². The Balaban J connectivity index is 1.71. The number of furan rings is 1. The van der Waals surface area contributed by atoms with Crippen LogP contribution in [0.5, 0.6) is 0 Å². The molecule has 0 unspecified atom stereocenters. The molecular weight excluding hydrogens is 236 g/mol. The van der Waals surface area contributed by atoms with Gasteiger partial charge in [0.05, 0.1) is 6.26 Å². The van der Waals surface area contributed by atoms with Crippen molar-refractivity contribution in [2.24, 2.45) is 0 Å². The lowest BCUT2D eigenvalue weighted by Gasteiger charge is -2.11. The Bertz CT molecular complexity index is 460. The second-order valence-corrected chi connectivity index (χ2v) is 5.04. The van der Waals surface area contributed by atoms with E-state index in [-0.39, 0.29) is 0 Å². The van der Waals surface area contributed by atoms with E-state index in [1.54, 1.807) is 6.26 Å². The van der Waals surface area contributed by atoms with Crippen LogP contribution < -0.4 is 5.32 Å². The highest BCUT2D eigenvalue weighted by atomic mass is 16.3. The predicted molar refractivity (Wildman–Crippen MR) is 79.4 cm³/mol. The van der Waals surface area contributed by atoms with E-state index < -0.39 is 0 Å². The van der Waals surface area contributed by atoms with Crippen LogP contribution in [0.25, 0.3) is 0 Å². The Kier molecular flexibility index (Phi) is 5.04. The topological polar surface area (TPSA) is 28.4 Å². The maximum absolute atomic E-state index is 5.31. The lowest BCUT2D eigenvalue weighted by molar-refractivity contribution is 0.402. The monoisotopic (exact) mass is 258 g/mol. The molecule has 0 saturated carbocycles. The van der Waals surface area contributed by atoms with Crippen molar-refractivity contribution in [3.05, 3.63) is 54.0 Å². The van der Waals surface area contributed by atoms with Gasteiger partial charge in [-0.2, -0.15) is 0 Å². The molecule has 0 saturated heterocycles. The van der Waals surface area contributed by atoms with Crippen molar-refractivity contribution in [1.29, 1.82) is 0 Å². The quantitative estimate of drug-likeness (QED) is 0.772. The molecule has 0 aliphatic rings. The van der Waals surface area contributed by atoms with Crippen molar-refractivity contribution in [3.8, 4) is 0 Å². The Hall–Kier alpha value is -1.74. The number of anilines is 1. The third-order valence-electron chi connectivity index (χ3n) is 2.96. The van der Waals surface area contributed by atoms with E-state index in [2.05, 4.69) is 48.6 Å². The van der Waals surface area contributed by atoms with Crippen molar-refractivity contribution in [2.45, 2.75) is 19.4 Å². The van der Waals surface area contributed by atoms with Gasteiger partial charge in [0.15, 0.2) is 0 Å². The van der Waals surface area contributed by atoms with Crippen LogP contribution in [0.15, 0.2) is 47.1 Å². The smallest absolute Gasteiger partial charge is 0.103 e. The lowest BCUT2D eigenvalue weighted by atomic mass is 10.2. The summed E-state index contributed by atoms with van der Waals surface area (Å²) in [5.74, 6) is 1.06. The summed E-state index contributed by atoms with van der Waals surface area (Å²) in [4.78, 5) is 2.17. The Labute approximate surface area is 115 Å². The largest absolute Gasteiger partial charge is 0.469 e. The molecule has 0 aliphatic heterocycles. The molecule has 0 fully saturated rings. The number of nitrogens with zero attached hydrogens (tertiary/aromatic N) is 1. The SMILES string of the molecule is CN(C)Cc1ccc(NCCCc2ccco2)cc1. The first kappa shape index (κ1) is 13.7. The van der Waals surface area contributed by atoms with Gasteiger partial charge in [-0.05, 0) is 50.3 Å². The summed E-state index contributed by atoms with van der Waals surface area (Å²) in [5, 5.41) is 3.43. The molecule has 1 N–H and O–H groups in total. The van der Waals surface area contributed by atoms with Gasteiger partial charge in [0.25, 0.3) is 0 Å². The van der Waals surface area contributed by atoms with Crippen molar-refractivity contribution >= 4 is 5.69 Å².